The first-order valence-electron chi connectivity index (χ1n) is 8.09. The van der Waals surface area contributed by atoms with Crippen molar-refractivity contribution in [3.05, 3.63) is 59.4 Å². The van der Waals surface area contributed by atoms with Gasteiger partial charge in [0.15, 0.2) is 11.6 Å². The number of nitrogens with zero attached hydrogens (tertiary/aromatic N) is 1. The number of rotatable bonds is 7. The number of hydrogen-bond acceptors (Lipinski definition) is 3. The molecular formula is C19H22FNO2. The van der Waals surface area contributed by atoms with Crippen LogP contribution in [0.15, 0.2) is 42.5 Å². The Morgan fingerprint density at radius 2 is 1.96 bits per heavy atom. The van der Waals surface area contributed by atoms with Crippen molar-refractivity contribution in [2.45, 2.75) is 38.9 Å². The second kappa shape index (κ2) is 7.01. The highest BCUT2D eigenvalue weighted by Gasteiger charge is 2.29. The molecule has 0 aromatic heterocycles. The first-order chi connectivity index (χ1) is 11.2. The van der Waals surface area contributed by atoms with Crippen molar-refractivity contribution in [2.24, 2.45) is 0 Å². The molecule has 0 radical (unpaired) electrons. The van der Waals surface area contributed by atoms with Crippen LogP contribution in [0.3, 0.4) is 0 Å². The third-order valence-corrected chi connectivity index (χ3v) is 4.10. The Hall–Kier alpha value is -2.07. The van der Waals surface area contributed by atoms with Crippen LogP contribution >= 0.6 is 0 Å². The fourth-order valence-electron chi connectivity index (χ4n) is 2.79. The summed E-state index contributed by atoms with van der Waals surface area (Å²) in [6.45, 7) is 3.93. The Bertz CT molecular complexity index is 670. The topological polar surface area (TPSA) is 32.7 Å². The van der Waals surface area contributed by atoms with Gasteiger partial charge in [-0.15, -0.1) is 0 Å². The SMILES string of the molecule is CCOc1cccc(CN(Cc2cccc(F)c2O)C2CC2)c1. The van der Waals surface area contributed by atoms with Gasteiger partial charge in [-0.2, -0.15) is 0 Å². The van der Waals surface area contributed by atoms with Crippen LogP contribution in [0, 0.1) is 5.82 Å². The second-order valence-corrected chi connectivity index (χ2v) is 5.96. The average molecular weight is 315 g/mol. The summed E-state index contributed by atoms with van der Waals surface area (Å²) in [4.78, 5) is 2.29. The predicted octanol–water partition coefficient (Wildman–Crippen LogP) is 4.09. The Labute approximate surface area is 136 Å². The van der Waals surface area contributed by atoms with Gasteiger partial charge in [0.1, 0.15) is 5.75 Å². The number of ether oxygens (including phenoxy) is 1. The molecular weight excluding hydrogens is 293 g/mol. The standard InChI is InChI=1S/C19H22FNO2/c1-2-23-17-7-3-5-14(11-17)12-21(16-9-10-16)13-15-6-4-8-18(20)19(15)22/h3-8,11,16,22H,2,9-10,12-13H2,1H3. The lowest BCUT2D eigenvalue weighted by Crippen LogP contribution is -2.25. The van der Waals surface area contributed by atoms with Gasteiger partial charge in [-0.05, 0) is 43.5 Å². The third kappa shape index (κ3) is 4.02. The highest BCUT2D eigenvalue weighted by molar-refractivity contribution is 5.34. The van der Waals surface area contributed by atoms with Gasteiger partial charge >= 0.3 is 0 Å². The molecule has 0 bridgehead atoms. The fraction of sp³-hybridized carbons (Fsp3) is 0.368. The van der Waals surface area contributed by atoms with Crippen LogP contribution in [0.25, 0.3) is 0 Å². The lowest BCUT2D eigenvalue weighted by molar-refractivity contribution is 0.241. The number of aromatic hydroxyl groups is 1. The van der Waals surface area contributed by atoms with Crippen LogP contribution in [-0.2, 0) is 13.1 Å². The van der Waals surface area contributed by atoms with Gasteiger partial charge in [0.2, 0.25) is 0 Å². The van der Waals surface area contributed by atoms with E-state index in [1.54, 1.807) is 12.1 Å². The van der Waals surface area contributed by atoms with Crippen molar-refractivity contribution >= 4 is 0 Å². The number of para-hydroxylation sites is 1. The molecule has 2 aromatic carbocycles. The normalized spacial score (nSPS) is 14.2. The van der Waals surface area contributed by atoms with Crippen molar-refractivity contribution < 1.29 is 14.2 Å². The van der Waals surface area contributed by atoms with E-state index in [4.69, 9.17) is 4.74 Å². The van der Waals surface area contributed by atoms with E-state index in [-0.39, 0.29) is 5.75 Å². The average Bonchev–Trinajstić information content (AvgIpc) is 3.37. The molecule has 122 valence electrons. The van der Waals surface area contributed by atoms with E-state index < -0.39 is 5.82 Å². The van der Waals surface area contributed by atoms with Crippen LogP contribution in [-0.4, -0.2) is 22.7 Å². The van der Waals surface area contributed by atoms with E-state index >= 15 is 0 Å². The maximum atomic E-state index is 13.5. The molecule has 0 spiro atoms. The quantitative estimate of drug-likeness (QED) is 0.835. The zero-order valence-electron chi connectivity index (χ0n) is 13.3. The summed E-state index contributed by atoms with van der Waals surface area (Å²) in [7, 11) is 0. The van der Waals surface area contributed by atoms with Gasteiger partial charge in [-0.1, -0.05) is 24.3 Å². The minimum Gasteiger partial charge on any atom is -0.505 e. The molecule has 3 nitrogen and oxygen atoms in total. The first-order valence-corrected chi connectivity index (χ1v) is 8.09. The van der Waals surface area contributed by atoms with Gasteiger partial charge in [-0.3, -0.25) is 4.90 Å². The van der Waals surface area contributed by atoms with Gasteiger partial charge < -0.3 is 9.84 Å². The van der Waals surface area contributed by atoms with E-state index in [9.17, 15) is 9.50 Å². The highest BCUT2D eigenvalue weighted by atomic mass is 19.1. The number of phenols is 1. The van der Waals surface area contributed by atoms with E-state index in [0.717, 1.165) is 25.1 Å². The van der Waals surface area contributed by atoms with Crippen LogP contribution in [0.2, 0.25) is 0 Å². The molecule has 1 aliphatic carbocycles. The molecule has 1 N–H and O–H groups in total. The molecule has 23 heavy (non-hydrogen) atoms. The Morgan fingerprint density at radius 3 is 2.70 bits per heavy atom. The fourth-order valence-corrected chi connectivity index (χ4v) is 2.79. The molecule has 4 heteroatoms. The van der Waals surface area contributed by atoms with Crippen LogP contribution in [0.4, 0.5) is 4.39 Å². The number of phenolic OH excluding ortho intramolecular Hbond substituents is 1. The number of benzene rings is 2. The van der Waals surface area contributed by atoms with Gasteiger partial charge in [0.25, 0.3) is 0 Å². The van der Waals surface area contributed by atoms with E-state index in [1.807, 2.05) is 25.1 Å². The minimum atomic E-state index is -0.559. The summed E-state index contributed by atoms with van der Waals surface area (Å²) in [5, 5.41) is 9.91. The molecule has 3 rings (SSSR count). The Balaban J connectivity index is 1.75. The molecule has 0 aliphatic heterocycles. The van der Waals surface area contributed by atoms with Crippen LogP contribution < -0.4 is 4.74 Å². The van der Waals surface area contributed by atoms with Crippen molar-refractivity contribution in [2.75, 3.05) is 6.61 Å². The highest BCUT2D eigenvalue weighted by Crippen LogP contribution is 2.32. The third-order valence-electron chi connectivity index (χ3n) is 4.10. The molecule has 0 unspecified atom stereocenters. The first kappa shape index (κ1) is 15.8. The van der Waals surface area contributed by atoms with Crippen LogP contribution in [0.1, 0.15) is 30.9 Å². The Morgan fingerprint density at radius 1 is 1.17 bits per heavy atom. The van der Waals surface area contributed by atoms with Crippen molar-refractivity contribution in [1.29, 1.82) is 0 Å². The zero-order chi connectivity index (χ0) is 16.2. The lowest BCUT2D eigenvalue weighted by Gasteiger charge is -2.23. The number of hydrogen-bond donors (Lipinski definition) is 1. The van der Waals surface area contributed by atoms with Crippen molar-refractivity contribution in [1.82, 2.24) is 4.90 Å². The summed E-state index contributed by atoms with van der Waals surface area (Å²) in [5.74, 6) is 0.0761. The van der Waals surface area contributed by atoms with Crippen molar-refractivity contribution in [3.8, 4) is 11.5 Å². The molecule has 1 aliphatic rings. The monoisotopic (exact) mass is 315 g/mol. The minimum absolute atomic E-state index is 0.235. The van der Waals surface area contributed by atoms with Gasteiger partial charge in [-0.25, -0.2) is 4.39 Å². The maximum Gasteiger partial charge on any atom is 0.165 e. The molecule has 1 saturated carbocycles. The summed E-state index contributed by atoms with van der Waals surface area (Å²) in [6, 6.07) is 13.3. The molecule has 0 amide bonds. The second-order valence-electron chi connectivity index (χ2n) is 5.96. The largest absolute Gasteiger partial charge is 0.505 e. The van der Waals surface area contributed by atoms with E-state index in [1.165, 1.54) is 11.6 Å². The van der Waals surface area contributed by atoms with Crippen LogP contribution in [0.5, 0.6) is 11.5 Å². The van der Waals surface area contributed by atoms with Gasteiger partial charge in [0.05, 0.1) is 6.61 Å². The molecule has 0 heterocycles. The molecule has 0 saturated heterocycles. The van der Waals surface area contributed by atoms with E-state index in [0.29, 0.717) is 24.8 Å². The molecule has 1 fully saturated rings. The summed E-state index contributed by atoms with van der Waals surface area (Å²) < 4.78 is 19.1. The predicted molar refractivity (Wildman–Crippen MR) is 87.9 cm³/mol. The molecule has 2 aromatic rings. The maximum absolute atomic E-state index is 13.5. The van der Waals surface area contributed by atoms with Gasteiger partial charge in [0, 0.05) is 24.7 Å². The molecule has 0 atom stereocenters. The zero-order valence-corrected chi connectivity index (χ0v) is 13.3. The smallest absolute Gasteiger partial charge is 0.165 e. The Kier molecular flexibility index (Phi) is 4.82. The van der Waals surface area contributed by atoms with E-state index in [2.05, 4.69) is 11.0 Å². The summed E-state index contributed by atoms with van der Waals surface area (Å²) in [5.41, 5.74) is 1.80. The summed E-state index contributed by atoms with van der Waals surface area (Å²) in [6.07, 6.45) is 2.31. The number of halogens is 1. The lowest BCUT2D eigenvalue weighted by atomic mass is 10.1. The van der Waals surface area contributed by atoms with Crippen molar-refractivity contribution in [3.63, 3.8) is 0 Å². The summed E-state index contributed by atoms with van der Waals surface area (Å²) >= 11 is 0.